The van der Waals surface area contributed by atoms with Crippen molar-refractivity contribution in [2.75, 3.05) is 25.6 Å². The summed E-state index contributed by atoms with van der Waals surface area (Å²) in [5.74, 6) is -0.157. The molecule has 0 aromatic carbocycles. The van der Waals surface area contributed by atoms with E-state index in [0.29, 0.717) is 25.2 Å². The molecule has 0 amide bonds. The van der Waals surface area contributed by atoms with Crippen LogP contribution in [0.2, 0.25) is 0 Å². The van der Waals surface area contributed by atoms with E-state index in [0.717, 1.165) is 12.7 Å². The van der Waals surface area contributed by atoms with Crippen LogP contribution in [-0.4, -0.2) is 56.9 Å². The number of aromatic nitrogens is 2. The van der Waals surface area contributed by atoms with Gasteiger partial charge in [0.1, 0.15) is 4.90 Å². The topological polar surface area (TPSA) is 100 Å². The number of hydrogen-bond acceptors (Lipinski definition) is 5. The minimum Gasteiger partial charge on any atom is -0.281 e. The molecule has 0 unspecified atom stereocenters. The molecule has 1 fully saturated rings. The number of rotatable bonds is 3. The van der Waals surface area contributed by atoms with Crippen molar-refractivity contribution in [2.24, 2.45) is 0 Å². The maximum Gasteiger partial charge on any atom is 0.211 e. The van der Waals surface area contributed by atoms with Gasteiger partial charge in [0, 0.05) is 25.3 Å². The number of aromatic amines is 1. The Bertz CT molecular complexity index is 663. The first-order valence-electron chi connectivity index (χ1n) is 5.88. The lowest BCUT2D eigenvalue weighted by Gasteiger charge is -2.30. The van der Waals surface area contributed by atoms with E-state index in [9.17, 15) is 16.8 Å². The summed E-state index contributed by atoms with van der Waals surface area (Å²) in [4.78, 5) is 0.160. The maximum atomic E-state index is 11.6. The fourth-order valence-electron chi connectivity index (χ4n) is 2.35. The molecule has 1 aromatic heterocycles. The summed E-state index contributed by atoms with van der Waals surface area (Å²) in [7, 11) is -6.60. The zero-order chi connectivity index (χ0) is 14.3. The fourth-order valence-corrected chi connectivity index (χ4v) is 4.12. The highest BCUT2D eigenvalue weighted by Gasteiger charge is 2.30. The molecule has 0 radical (unpaired) electrons. The predicted octanol–water partition coefficient (Wildman–Crippen LogP) is -0.0478. The minimum absolute atomic E-state index is 0.157. The van der Waals surface area contributed by atoms with Crippen molar-refractivity contribution in [1.82, 2.24) is 14.5 Å². The Morgan fingerprint density at radius 2 is 2.00 bits per heavy atom. The summed E-state index contributed by atoms with van der Waals surface area (Å²) in [6.07, 6.45) is 5.03. The Morgan fingerprint density at radius 1 is 1.32 bits per heavy atom. The zero-order valence-corrected chi connectivity index (χ0v) is 12.5. The summed E-state index contributed by atoms with van der Waals surface area (Å²) in [5.41, 5.74) is 0.510. The molecule has 1 aliphatic heterocycles. The highest BCUT2D eigenvalue weighted by atomic mass is 32.2. The van der Waals surface area contributed by atoms with E-state index in [4.69, 9.17) is 0 Å². The summed E-state index contributed by atoms with van der Waals surface area (Å²) in [5, 5.41) is 6.48. The zero-order valence-electron chi connectivity index (χ0n) is 10.8. The van der Waals surface area contributed by atoms with Crippen LogP contribution in [0.25, 0.3) is 0 Å². The predicted molar refractivity (Wildman–Crippen MR) is 70.1 cm³/mol. The largest absolute Gasteiger partial charge is 0.281 e. The van der Waals surface area contributed by atoms with Gasteiger partial charge in [-0.1, -0.05) is 0 Å². The van der Waals surface area contributed by atoms with Gasteiger partial charge in [0.15, 0.2) is 9.84 Å². The molecule has 1 aliphatic rings. The van der Waals surface area contributed by atoms with Gasteiger partial charge < -0.3 is 0 Å². The summed E-state index contributed by atoms with van der Waals surface area (Å²) < 4.78 is 47.8. The normalized spacial score (nSPS) is 22.5. The smallest absolute Gasteiger partial charge is 0.211 e. The Morgan fingerprint density at radius 3 is 2.58 bits per heavy atom. The van der Waals surface area contributed by atoms with Crippen molar-refractivity contribution < 1.29 is 16.8 Å². The third-order valence-electron chi connectivity index (χ3n) is 3.29. The number of nitrogens with one attached hydrogen (secondary N) is 1. The molecule has 0 aliphatic carbocycles. The van der Waals surface area contributed by atoms with Crippen molar-refractivity contribution in [1.29, 1.82) is 0 Å². The van der Waals surface area contributed by atoms with Crippen LogP contribution in [0.15, 0.2) is 11.1 Å². The van der Waals surface area contributed by atoms with Crippen LogP contribution >= 0.6 is 0 Å². The SMILES string of the molecule is CS(=O)(=O)c1cn[nH]c1[C@@H]1CCCN(S(C)(=O)=O)C1. The van der Waals surface area contributed by atoms with Crippen LogP contribution in [0.1, 0.15) is 24.5 Å². The first-order chi connectivity index (χ1) is 8.69. The van der Waals surface area contributed by atoms with Crippen LogP contribution in [0.3, 0.4) is 0 Å². The summed E-state index contributed by atoms with van der Waals surface area (Å²) in [6.45, 7) is 0.779. The van der Waals surface area contributed by atoms with Gasteiger partial charge in [0.05, 0.1) is 18.1 Å². The highest BCUT2D eigenvalue weighted by Crippen LogP contribution is 2.30. The molecule has 1 aromatic rings. The molecular weight excluding hydrogens is 290 g/mol. The number of H-pyrrole nitrogens is 1. The first-order valence-corrected chi connectivity index (χ1v) is 9.62. The van der Waals surface area contributed by atoms with E-state index < -0.39 is 19.9 Å². The van der Waals surface area contributed by atoms with E-state index in [1.807, 2.05) is 0 Å². The lowest BCUT2D eigenvalue weighted by molar-refractivity contribution is 0.312. The van der Waals surface area contributed by atoms with Gasteiger partial charge >= 0.3 is 0 Å². The molecule has 1 saturated heterocycles. The van der Waals surface area contributed by atoms with Crippen LogP contribution in [0.4, 0.5) is 0 Å². The van der Waals surface area contributed by atoms with Gasteiger partial charge in [-0.05, 0) is 12.8 Å². The van der Waals surface area contributed by atoms with Gasteiger partial charge in [-0.3, -0.25) is 5.10 Å². The van der Waals surface area contributed by atoms with Gasteiger partial charge in [-0.2, -0.15) is 5.10 Å². The second-order valence-electron chi connectivity index (χ2n) is 4.88. The number of sulfonamides is 1. The van der Waals surface area contributed by atoms with Gasteiger partial charge in [-0.15, -0.1) is 0 Å². The van der Waals surface area contributed by atoms with Gasteiger partial charge in [0.25, 0.3) is 0 Å². The number of hydrogen-bond donors (Lipinski definition) is 1. The number of nitrogens with zero attached hydrogens (tertiary/aromatic N) is 2. The van der Waals surface area contributed by atoms with Gasteiger partial charge in [-0.25, -0.2) is 21.1 Å². The fraction of sp³-hybridized carbons (Fsp3) is 0.700. The molecule has 0 bridgehead atoms. The molecular formula is C10H17N3O4S2. The molecule has 2 heterocycles. The summed E-state index contributed by atoms with van der Waals surface area (Å²) >= 11 is 0. The third kappa shape index (κ3) is 3.15. The standard InChI is InChI=1S/C10H17N3O4S2/c1-18(14,15)9-6-11-12-10(9)8-4-3-5-13(7-8)19(2,16)17/h6,8H,3-5,7H2,1-2H3,(H,11,12)/t8-/m1/s1. The van der Waals surface area contributed by atoms with E-state index in [1.165, 1.54) is 16.8 Å². The van der Waals surface area contributed by atoms with Crippen molar-refractivity contribution >= 4 is 19.9 Å². The van der Waals surface area contributed by atoms with Crippen molar-refractivity contribution in [2.45, 2.75) is 23.7 Å². The third-order valence-corrected chi connectivity index (χ3v) is 5.69. The molecule has 0 saturated carbocycles. The van der Waals surface area contributed by atoms with E-state index in [1.54, 1.807) is 0 Å². The number of piperidine rings is 1. The minimum atomic E-state index is -3.35. The molecule has 9 heteroatoms. The molecule has 108 valence electrons. The second-order valence-corrected chi connectivity index (χ2v) is 8.85. The average Bonchev–Trinajstić information content (AvgIpc) is 2.76. The van der Waals surface area contributed by atoms with Crippen molar-refractivity contribution in [3.63, 3.8) is 0 Å². The van der Waals surface area contributed by atoms with E-state index >= 15 is 0 Å². The Balaban J connectivity index is 2.31. The molecule has 0 spiro atoms. The van der Waals surface area contributed by atoms with E-state index in [2.05, 4.69) is 10.2 Å². The molecule has 19 heavy (non-hydrogen) atoms. The molecule has 1 N–H and O–H groups in total. The molecule has 2 rings (SSSR count). The second kappa shape index (κ2) is 4.88. The molecule has 7 nitrogen and oxygen atoms in total. The monoisotopic (exact) mass is 307 g/mol. The van der Waals surface area contributed by atoms with Crippen LogP contribution in [0, 0.1) is 0 Å². The highest BCUT2D eigenvalue weighted by molar-refractivity contribution is 7.90. The Labute approximate surface area is 113 Å². The Kier molecular flexibility index (Phi) is 3.72. The lowest BCUT2D eigenvalue weighted by atomic mass is 9.96. The Hall–Kier alpha value is -0.930. The maximum absolute atomic E-state index is 11.6. The van der Waals surface area contributed by atoms with Gasteiger partial charge in [0.2, 0.25) is 10.0 Å². The quantitative estimate of drug-likeness (QED) is 0.844. The van der Waals surface area contributed by atoms with Crippen LogP contribution in [-0.2, 0) is 19.9 Å². The lowest BCUT2D eigenvalue weighted by Crippen LogP contribution is -2.38. The van der Waals surface area contributed by atoms with E-state index in [-0.39, 0.29) is 10.8 Å². The first kappa shape index (κ1) is 14.5. The van der Waals surface area contributed by atoms with Crippen molar-refractivity contribution in [3.8, 4) is 0 Å². The van der Waals surface area contributed by atoms with Crippen LogP contribution in [0.5, 0.6) is 0 Å². The average molecular weight is 307 g/mol. The van der Waals surface area contributed by atoms with Crippen LogP contribution < -0.4 is 0 Å². The number of sulfone groups is 1. The molecule has 1 atom stereocenters. The summed E-state index contributed by atoms with van der Waals surface area (Å²) in [6, 6.07) is 0. The van der Waals surface area contributed by atoms with Crippen molar-refractivity contribution in [3.05, 3.63) is 11.9 Å².